The highest BCUT2D eigenvalue weighted by Crippen LogP contribution is 2.32. The van der Waals surface area contributed by atoms with Crippen LogP contribution in [0.2, 0.25) is 0 Å². The highest BCUT2D eigenvalue weighted by molar-refractivity contribution is 5.66. The lowest BCUT2D eigenvalue weighted by atomic mass is 9.99. The first-order valence-corrected chi connectivity index (χ1v) is 7.17. The molecule has 104 valence electrons. The van der Waals surface area contributed by atoms with Crippen molar-refractivity contribution in [1.29, 1.82) is 0 Å². The first-order valence-electron chi connectivity index (χ1n) is 7.17. The van der Waals surface area contributed by atoms with Gasteiger partial charge in [0.25, 0.3) is 0 Å². The second kappa shape index (κ2) is 5.35. The van der Waals surface area contributed by atoms with E-state index in [-0.39, 0.29) is 5.56 Å². The van der Waals surface area contributed by atoms with Crippen molar-refractivity contribution >= 4 is 0 Å². The molecular weight excluding hydrogens is 254 g/mol. The third-order valence-electron chi connectivity index (χ3n) is 4.33. The molecule has 1 aliphatic carbocycles. The van der Waals surface area contributed by atoms with Crippen LogP contribution in [0, 0.1) is 11.7 Å². The minimum Gasteiger partial charge on any atom is -0.246 e. The molecule has 1 atom stereocenters. The Labute approximate surface area is 118 Å². The van der Waals surface area contributed by atoms with Crippen molar-refractivity contribution in [2.75, 3.05) is 0 Å². The molecule has 0 aliphatic heterocycles. The van der Waals surface area contributed by atoms with Gasteiger partial charge in [0.2, 0.25) is 0 Å². The van der Waals surface area contributed by atoms with Gasteiger partial charge >= 0.3 is 0 Å². The molecule has 0 amide bonds. The van der Waals surface area contributed by atoms with E-state index < -0.39 is 12.5 Å². The van der Waals surface area contributed by atoms with Crippen LogP contribution in [0.4, 0.5) is 8.78 Å². The molecule has 0 saturated carbocycles. The molecule has 20 heavy (non-hydrogen) atoms. The van der Waals surface area contributed by atoms with Crippen LogP contribution in [0.1, 0.15) is 30.0 Å². The summed E-state index contributed by atoms with van der Waals surface area (Å²) in [4.78, 5) is 0. The molecule has 0 bridgehead atoms. The van der Waals surface area contributed by atoms with Crippen LogP contribution in [0.25, 0.3) is 11.1 Å². The molecule has 2 aromatic carbocycles. The predicted octanol–water partition coefficient (Wildman–Crippen LogP) is 5.09. The van der Waals surface area contributed by atoms with Gasteiger partial charge in [-0.2, -0.15) is 0 Å². The lowest BCUT2D eigenvalue weighted by Crippen LogP contribution is -1.95. The Morgan fingerprint density at radius 3 is 2.40 bits per heavy atom. The molecule has 2 aromatic rings. The van der Waals surface area contributed by atoms with Crippen molar-refractivity contribution in [3.8, 4) is 11.1 Å². The summed E-state index contributed by atoms with van der Waals surface area (Å²) < 4.78 is 26.2. The number of rotatable bonds is 3. The Morgan fingerprint density at radius 2 is 1.70 bits per heavy atom. The van der Waals surface area contributed by atoms with Crippen LogP contribution in [0.3, 0.4) is 0 Å². The lowest BCUT2D eigenvalue weighted by Gasteiger charge is -2.07. The number of hydrogen-bond donors (Lipinski definition) is 0. The van der Waals surface area contributed by atoms with Crippen LogP contribution < -0.4 is 0 Å². The van der Waals surface area contributed by atoms with Crippen LogP contribution in [-0.2, 0) is 19.5 Å². The Hall–Kier alpha value is -1.70. The van der Waals surface area contributed by atoms with Crippen molar-refractivity contribution in [2.45, 2.75) is 32.9 Å². The molecule has 0 nitrogen and oxygen atoms in total. The summed E-state index contributed by atoms with van der Waals surface area (Å²) in [7, 11) is 0. The molecule has 1 aliphatic rings. The quantitative estimate of drug-likeness (QED) is 0.730. The second-order valence-electron chi connectivity index (χ2n) is 5.61. The van der Waals surface area contributed by atoms with Crippen molar-refractivity contribution in [1.82, 2.24) is 0 Å². The molecule has 0 saturated heterocycles. The molecule has 0 spiro atoms. The number of fused-ring (bicyclic) bond motifs is 1. The largest absolute Gasteiger partial charge is 0.246 e. The fraction of sp³-hybridized carbons (Fsp3) is 0.333. The van der Waals surface area contributed by atoms with Crippen molar-refractivity contribution in [3.05, 3.63) is 58.9 Å². The van der Waals surface area contributed by atoms with E-state index in [9.17, 15) is 8.78 Å². The van der Waals surface area contributed by atoms with Gasteiger partial charge in [0, 0.05) is 5.56 Å². The van der Waals surface area contributed by atoms with E-state index >= 15 is 0 Å². The lowest BCUT2D eigenvalue weighted by molar-refractivity contribution is 0.464. The zero-order valence-electron chi connectivity index (χ0n) is 11.6. The predicted molar refractivity (Wildman–Crippen MR) is 77.8 cm³/mol. The van der Waals surface area contributed by atoms with E-state index in [0.29, 0.717) is 0 Å². The third-order valence-corrected chi connectivity index (χ3v) is 4.33. The highest BCUT2D eigenvalue weighted by atomic mass is 19.1. The van der Waals surface area contributed by atoms with Crippen LogP contribution in [0.15, 0.2) is 36.4 Å². The van der Waals surface area contributed by atoms with Gasteiger partial charge in [-0.1, -0.05) is 43.7 Å². The molecule has 0 fully saturated rings. The SMILES string of the molecule is CCC1Cc2ccc(-c3ccc(CF)c(F)c3)cc2C1. The average molecular weight is 272 g/mol. The van der Waals surface area contributed by atoms with Gasteiger partial charge in [0.05, 0.1) is 0 Å². The van der Waals surface area contributed by atoms with Gasteiger partial charge in [-0.25, -0.2) is 8.78 Å². The Kier molecular flexibility index (Phi) is 3.56. The van der Waals surface area contributed by atoms with E-state index in [0.717, 1.165) is 29.9 Å². The molecule has 0 radical (unpaired) electrons. The maximum absolute atomic E-state index is 13.7. The van der Waals surface area contributed by atoms with E-state index in [2.05, 4.69) is 19.1 Å². The van der Waals surface area contributed by atoms with Crippen molar-refractivity contribution in [3.63, 3.8) is 0 Å². The van der Waals surface area contributed by atoms with Crippen LogP contribution in [-0.4, -0.2) is 0 Å². The monoisotopic (exact) mass is 272 g/mol. The average Bonchev–Trinajstić information content (AvgIpc) is 2.89. The maximum Gasteiger partial charge on any atom is 0.129 e. The van der Waals surface area contributed by atoms with E-state index in [4.69, 9.17) is 0 Å². The molecule has 0 N–H and O–H groups in total. The summed E-state index contributed by atoms with van der Waals surface area (Å²) in [5.41, 5.74) is 4.76. The standard InChI is InChI=1S/C18H18F2/c1-2-12-7-13-3-4-14(9-17(13)8-12)15-5-6-16(11-19)18(20)10-15/h3-6,9-10,12H,2,7-8,11H2,1H3. The molecule has 3 rings (SSSR count). The van der Waals surface area contributed by atoms with E-state index in [1.54, 1.807) is 6.07 Å². The van der Waals surface area contributed by atoms with Gasteiger partial charge in [0.1, 0.15) is 12.5 Å². The first-order chi connectivity index (χ1) is 9.71. The second-order valence-corrected chi connectivity index (χ2v) is 5.61. The smallest absolute Gasteiger partial charge is 0.129 e. The summed E-state index contributed by atoms with van der Waals surface area (Å²) in [6.45, 7) is 1.47. The van der Waals surface area contributed by atoms with Gasteiger partial charge in [0.15, 0.2) is 0 Å². The van der Waals surface area contributed by atoms with Crippen molar-refractivity contribution < 1.29 is 8.78 Å². The first kappa shape index (κ1) is 13.3. The number of alkyl halides is 1. The molecular formula is C18H18F2. The zero-order valence-corrected chi connectivity index (χ0v) is 11.6. The van der Waals surface area contributed by atoms with Gasteiger partial charge in [-0.05, 0) is 47.1 Å². The summed E-state index contributed by atoms with van der Waals surface area (Å²) in [5.74, 6) is 0.280. The molecule has 1 unspecified atom stereocenters. The number of hydrogen-bond acceptors (Lipinski definition) is 0. The normalized spacial score (nSPS) is 17.2. The molecule has 0 heterocycles. The topological polar surface area (TPSA) is 0 Å². The number of halogens is 2. The summed E-state index contributed by atoms with van der Waals surface area (Å²) >= 11 is 0. The maximum atomic E-state index is 13.7. The summed E-state index contributed by atoms with van der Waals surface area (Å²) in [6, 6.07) is 11.1. The number of benzene rings is 2. The minimum atomic E-state index is -0.755. The Morgan fingerprint density at radius 1 is 1.00 bits per heavy atom. The molecule has 2 heteroatoms. The van der Waals surface area contributed by atoms with Crippen LogP contribution >= 0.6 is 0 Å². The highest BCUT2D eigenvalue weighted by Gasteiger charge is 2.20. The Balaban J connectivity index is 1.94. The van der Waals surface area contributed by atoms with E-state index in [1.165, 1.54) is 29.7 Å². The Bertz CT molecular complexity index is 631. The van der Waals surface area contributed by atoms with Gasteiger partial charge in [-0.3, -0.25) is 0 Å². The fourth-order valence-corrected chi connectivity index (χ4v) is 3.01. The van der Waals surface area contributed by atoms with Gasteiger partial charge in [-0.15, -0.1) is 0 Å². The fourth-order valence-electron chi connectivity index (χ4n) is 3.01. The molecule has 0 aromatic heterocycles. The van der Waals surface area contributed by atoms with E-state index in [1.807, 2.05) is 6.07 Å². The summed E-state index contributed by atoms with van der Waals surface area (Å²) in [6.07, 6.45) is 3.47. The third kappa shape index (κ3) is 2.35. The van der Waals surface area contributed by atoms with Crippen LogP contribution in [0.5, 0.6) is 0 Å². The minimum absolute atomic E-state index is 0.126. The zero-order chi connectivity index (χ0) is 14.1. The van der Waals surface area contributed by atoms with Gasteiger partial charge < -0.3 is 0 Å². The summed E-state index contributed by atoms with van der Waals surface area (Å²) in [5, 5.41) is 0. The van der Waals surface area contributed by atoms with Crippen molar-refractivity contribution in [2.24, 2.45) is 5.92 Å².